The van der Waals surface area contributed by atoms with Crippen molar-refractivity contribution < 1.29 is 0 Å². The Balaban J connectivity index is 2.21. The molecule has 0 radical (unpaired) electrons. The van der Waals surface area contributed by atoms with E-state index in [-0.39, 0.29) is 0 Å². The molecule has 0 bridgehead atoms. The van der Waals surface area contributed by atoms with Gasteiger partial charge in [0.05, 0.1) is 6.04 Å². The summed E-state index contributed by atoms with van der Waals surface area (Å²) >= 11 is 1.81. The van der Waals surface area contributed by atoms with Gasteiger partial charge in [0.1, 0.15) is 0 Å². The minimum absolute atomic E-state index is 0.448. The van der Waals surface area contributed by atoms with Crippen LogP contribution in [0.4, 0.5) is 0 Å². The summed E-state index contributed by atoms with van der Waals surface area (Å²) < 4.78 is 0. The minimum atomic E-state index is 0.448. The molecule has 0 amide bonds. The molecule has 1 unspecified atom stereocenters. The van der Waals surface area contributed by atoms with E-state index in [9.17, 15) is 0 Å². The van der Waals surface area contributed by atoms with Gasteiger partial charge in [0.15, 0.2) is 0 Å². The van der Waals surface area contributed by atoms with E-state index in [4.69, 9.17) is 0 Å². The van der Waals surface area contributed by atoms with E-state index in [1.54, 1.807) is 5.57 Å². The summed E-state index contributed by atoms with van der Waals surface area (Å²) in [5, 5.41) is 8.02. The molecule has 1 heterocycles. The van der Waals surface area contributed by atoms with Crippen LogP contribution in [0.3, 0.4) is 0 Å². The molecule has 2 heteroatoms. The first-order chi connectivity index (χ1) is 7.83. The lowest BCUT2D eigenvalue weighted by Gasteiger charge is -2.20. The molecule has 1 nitrogen and oxygen atoms in total. The molecular weight excluding hydrogens is 214 g/mol. The van der Waals surface area contributed by atoms with Crippen LogP contribution in [0.5, 0.6) is 0 Å². The summed E-state index contributed by atoms with van der Waals surface area (Å²) in [5.41, 5.74) is 4.50. The predicted octanol–water partition coefficient (Wildman–Crippen LogP) is 4.21. The van der Waals surface area contributed by atoms with Gasteiger partial charge in [-0.1, -0.05) is 18.1 Å². The molecule has 1 N–H and O–H groups in total. The summed E-state index contributed by atoms with van der Waals surface area (Å²) in [7, 11) is 2.08. The number of nitrogens with one attached hydrogen (secondary N) is 1. The van der Waals surface area contributed by atoms with Crippen molar-refractivity contribution in [3.8, 4) is 0 Å². The number of hydrogen-bond donors (Lipinski definition) is 1. The number of allylic oxidation sites excluding steroid dienone is 1. The van der Waals surface area contributed by atoms with Gasteiger partial charge >= 0.3 is 0 Å². The zero-order valence-electron chi connectivity index (χ0n) is 10.3. The minimum Gasteiger partial charge on any atom is -0.310 e. The molecule has 88 valence electrons. The second-order valence-corrected chi connectivity index (χ2v) is 5.35. The summed E-state index contributed by atoms with van der Waals surface area (Å²) in [5.74, 6) is 0. The van der Waals surface area contributed by atoms with Gasteiger partial charge < -0.3 is 5.32 Å². The first-order valence-corrected chi connectivity index (χ1v) is 7.16. The zero-order chi connectivity index (χ0) is 11.4. The van der Waals surface area contributed by atoms with Crippen molar-refractivity contribution >= 4 is 11.3 Å². The third-order valence-electron chi connectivity index (χ3n) is 3.44. The van der Waals surface area contributed by atoms with Crippen LogP contribution in [0.2, 0.25) is 0 Å². The fourth-order valence-corrected chi connectivity index (χ4v) is 3.39. The largest absolute Gasteiger partial charge is 0.310 e. The van der Waals surface area contributed by atoms with E-state index in [1.165, 1.54) is 43.2 Å². The van der Waals surface area contributed by atoms with Crippen LogP contribution in [-0.2, 0) is 0 Å². The molecule has 1 aromatic heterocycles. The highest BCUT2D eigenvalue weighted by Crippen LogP contribution is 2.32. The normalized spacial score (nSPS) is 19.0. The van der Waals surface area contributed by atoms with Gasteiger partial charge in [-0.25, -0.2) is 0 Å². The molecule has 0 aliphatic heterocycles. The Kier molecular flexibility index (Phi) is 4.19. The second-order valence-electron chi connectivity index (χ2n) is 4.61. The van der Waals surface area contributed by atoms with Crippen LogP contribution < -0.4 is 5.32 Å². The molecular formula is C14H21NS. The average molecular weight is 235 g/mol. The standard InChI is InChI=1S/C14H21NS/c1-11-9-16-10-13(11)14(15-2)12-7-5-3-4-6-8-12/h7,9-10,14-15H,3-6,8H2,1-2H3. The maximum atomic E-state index is 3.48. The lowest BCUT2D eigenvalue weighted by Crippen LogP contribution is -2.18. The fraction of sp³-hybridized carbons (Fsp3) is 0.571. The molecule has 0 saturated heterocycles. The smallest absolute Gasteiger partial charge is 0.0544 e. The van der Waals surface area contributed by atoms with E-state index in [0.29, 0.717) is 6.04 Å². The van der Waals surface area contributed by atoms with Crippen LogP contribution >= 0.6 is 11.3 Å². The summed E-state index contributed by atoms with van der Waals surface area (Å²) in [6.07, 6.45) is 9.09. The van der Waals surface area contributed by atoms with E-state index in [0.717, 1.165) is 0 Å². The van der Waals surface area contributed by atoms with Crippen molar-refractivity contribution in [2.45, 2.75) is 45.1 Å². The van der Waals surface area contributed by atoms with Gasteiger partial charge in [0.2, 0.25) is 0 Å². The summed E-state index contributed by atoms with van der Waals surface area (Å²) in [6, 6.07) is 0.448. The number of rotatable bonds is 3. The van der Waals surface area contributed by atoms with Crippen molar-refractivity contribution in [1.82, 2.24) is 5.32 Å². The van der Waals surface area contributed by atoms with Crippen molar-refractivity contribution in [2.24, 2.45) is 0 Å². The molecule has 1 aromatic rings. The Labute approximate surface area is 103 Å². The van der Waals surface area contributed by atoms with Gasteiger partial charge in [-0.15, -0.1) is 0 Å². The number of likely N-dealkylation sites (N-methyl/N-ethyl adjacent to an activating group) is 1. The first-order valence-electron chi connectivity index (χ1n) is 6.22. The lowest BCUT2D eigenvalue weighted by atomic mass is 9.95. The van der Waals surface area contributed by atoms with Crippen LogP contribution in [0, 0.1) is 6.92 Å². The quantitative estimate of drug-likeness (QED) is 0.774. The SMILES string of the molecule is CNC(C1=CCCCCC1)c1cscc1C. The van der Waals surface area contributed by atoms with Crippen molar-refractivity contribution in [1.29, 1.82) is 0 Å². The molecule has 1 atom stereocenters. The molecule has 0 aromatic carbocycles. The van der Waals surface area contributed by atoms with Gasteiger partial charge in [0.25, 0.3) is 0 Å². The molecule has 1 aliphatic carbocycles. The summed E-state index contributed by atoms with van der Waals surface area (Å²) in [6.45, 7) is 2.22. The Bertz CT molecular complexity index is 365. The van der Waals surface area contributed by atoms with Crippen molar-refractivity contribution in [3.05, 3.63) is 33.5 Å². The van der Waals surface area contributed by atoms with E-state index < -0.39 is 0 Å². The monoisotopic (exact) mass is 235 g/mol. The summed E-state index contributed by atoms with van der Waals surface area (Å²) in [4.78, 5) is 0. The van der Waals surface area contributed by atoms with Crippen LogP contribution in [0.15, 0.2) is 22.4 Å². The molecule has 0 saturated carbocycles. The molecule has 0 spiro atoms. The predicted molar refractivity (Wildman–Crippen MR) is 72.0 cm³/mol. The van der Waals surface area contributed by atoms with Gasteiger partial charge in [-0.05, 0) is 61.5 Å². The second kappa shape index (κ2) is 5.65. The fourth-order valence-electron chi connectivity index (χ4n) is 2.51. The van der Waals surface area contributed by atoms with Gasteiger partial charge in [-0.3, -0.25) is 0 Å². The Hall–Kier alpha value is -0.600. The number of hydrogen-bond acceptors (Lipinski definition) is 2. The Morgan fingerprint density at radius 1 is 1.25 bits per heavy atom. The third-order valence-corrected chi connectivity index (χ3v) is 4.32. The topological polar surface area (TPSA) is 12.0 Å². The van der Waals surface area contributed by atoms with E-state index in [2.05, 4.69) is 36.1 Å². The molecule has 16 heavy (non-hydrogen) atoms. The Morgan fingerprint density at radius 2 is 2.12 bits per heavy atom. The highest BCUT2D eigenvalue weighted by molar-refractivity contribution is 7.08. The van der Waals surface area contributed by atoms with E-state index >= 15 is 0 Å². The Morgan fingerprint density at radius 3 is 2.81 bits per heavy atom. The number of aryl methyl sites for hydroxylation is 1. The van der Waals surface area contributed by atoms with Crippen molar-refractivity contribution in [2.75, 3.05) is 7.05 Å². The van der Waals surface area contributed by atoms with Crippen LogP contribution in [0.1, 0.15) is 49.3 Å². The molecule has 2 rings (SSSR count). The zero-order valence-corrected chi connectivity index (χ0v) is 11.1. The average Bonchev–Trinajstić information content (AvgIpc) is 2.57. The van der Waals surface area contributed by atoms with Gasteiger partial charge in [-0.2, -0.15) is 11.3 Å². The molecule has 1 aliphatic rings. The first kappa shape index (κ1) is 11.9. The van der Waals surface area contributed by atoms with Crippen LogP contribution in [-0.4, -0.2) is 7.05 Å². The van der Waals surface area contributed by atoms with E-state index in [1.807, 2.05) is 11.3 Å². The third kappa shape index (κ3) is 2.55. The van der Waals surface area contributed by atoms with Gasteiger partial charge in [0, 0.05) is 0 Å². The maximum absolute atomic E-state index is 3.48. The lowest BCUT2D eigenvalue weighted by molar-refractivity contribution is 0.628. The van der Waals surface area contributed by atoms with Crippen molar-refractivity contribution in [3.63, 3.8) is 0 Å². The highest BCUT2D eigenvalue weighted by Gasteiger charge is 2.17. The maximum Gasteiger partial charge on any atom is 0.0544 e. The molecule has 0 fully saturated rings. The highest BCUT2D eigenvalue weighted by atomic mass is 32.1. The number of thiophene rings is 1. The van der Waals surface area contributed by atoms with Crippen LogP contribution in [0.25, 0.3) is 0 Å².